The predicted octanol–water partition coefficient (Wildman–Crippen LogP) is 8.29. The highest BCUT2D eigenvalue weighted by molar-refractivity contribution is 5.81. The molecule has 2 heterocycles. The maximum atomic E-state index is 14.5. The molecule has 1 aromatic heterocycles. The van der Waals surface area contributed by atoms with E-state index in [1.54, 1.807) is 7.05 Å². The second-order valence-electron chi connectivity index (χ2n) is 17.4. The first-order chi connectivity index (χ1) is 29.0. The summed E-state index contributed by atoms with van der Waals surface area (Å²) in [7, 11) is 3.14. The highest BCUT2D eigenvalue weighted by Crippen LogP contribution is 2.41. The van der Waals surface area contributed by atoms with Crippen molar-refractivity contribution in [1.29, 1.82) is 0 Å². The van der Waals surface area contributed by atoms with Crippen LogP contribution in [0.5, 0.6) is 0 Å². The van der Waals surface area contributed by atoms with E-state index in [1.165, 1.54) is 31.4 Å². The normalized spacial score (nSPS) is 19.2. The minimum Gasteiger partial charge on any atom is -0.360 e. The minimum absolute atomic E-state index is 0.0539. The van der Waals surface area contributed by atoms with Gasteiger partial charge in [0.15, 0.2) is 0 Å². The van der Waals surface area contributed by atoms with E-state index in [0.717, 1.165) is 40.9 Å². The second-order valence-corrected chi connectivity index (χ2v) is 17.4. The second kappa shape index (κ2) is 19.4. The Balaban J connectivity index is 1.17. The standard InChI is InChI=1S/C50H62N6O4/c1-49(2,3)60-46(53-42-28-16-9-17-29-42)32-47(57)56-34-38-21-19-18-20-37(38)30-44(56)33-51-45(48(58)54(4)59-5)31-43-35-55(36-52-43)50(39-22-10-6-11-23-39,40-24-12-7-13-25-40)41-26-14-8-15-27-41/h6-17,22-29,35-38,44-46,51,53H,18-21,30-34H2,1-5H3/t37-,38-,44+,45?,46?/m0/s1. The quantitative estimate of drug-likeness (QED) is 0.0588. The zero-order valence-electron chi connectivity index (χ0n) is 35.9. The van der Waals surface area contributed by atoms with Gasteiger partial charge in [0.1, 0.15) is 11.8 Å². The van der Waals surface area contributed by atoms with Crippen molar-refractivity contribution in [2.45, 2.75) is 95.2 Å². The molecule has 5 atom stereocenters. The lowest BCUT2D eigenvalue weighted by Gasteiger charge is -2.47. The number of benzene rings is 4. The molecule has 10 nitrogen and oxygen atoms in total. The first-order valence-corrected chi connectivity index (χ1v) is 21.6. The lowest BCUT2D eigenvalue weighted by Crippen LogP contribution is -2.57. The molecule has 60 heavy (non-hydrogen) atoms. The SMILES string of the molecule is CON(C)C(=O)C(Cc1cn(C(c2ccccc2)(c2ccccc2)c2ccccc2)cn1)NC[C@H]1C[C@@H]2CCCC[C@H]2CN1C(=O)CC(Nc1ccccc1)OC(C)(C)C. The van der Waals surface area contributed by atoms with Crippen LogP contribution in [0.25, 0.3) is 0 Å². The van der Waals surface area contributed by atoms with Crippen molar-refractivity contribution < 1.29 is 19.2 Å². The molecule has 1 saturated heterocycles. The number of hydroxylamine groups is 2. The summed E-state index contributed by atoms with van der Waals surface area (Å²) in [6.07, 6.45) is 9.58. The number of amides is 2. The van der Waals surface area contributed by atoms with Gasteiger partial charge in [-0.25, -0.2) is 10.0 Å². The van der Waals surface area contributed by atoms with Crippen LogP contribution in [0.1, 0.15) is 81.7 Å². The fourth-order valence-electron chi connectivity index (χ4n) is 9.44. The van der Waals surface area contributed by atoms with Crippen LogP contribution in [0.2, 0.25) is 0 Å². The van der Waals surface area contributed by atoms with Gasteiger partial charge in [-0.2, -0.15) is 0 Å². The monoisotopic (exact) mass is 810 g/mol. The molecule has 316 valence electrons. The third-order valence-electron chi connectivity index (χ3n) is 12.3. The number of carbonyl (C=O) groups is 2. The van der Waals surface area contributed by atoms with E-state index in [4.69, 9.17) is 14.6 Å². The molecule has 2 unspecified atom stereocenters. The Labute approximate surface area is 356 Å². The van der Waals surface area contributed by atoms with E-state index < -0.39 is 23.4 Å². The molecule has 0 spiro atoms. The Morgan fingerprint density at radius 3 is 1.92 bits per heavy atom. The number of likely N-dealkylation sites (tertiary alicyclic amines) is 1. The summed E-state index contributed by atoms with van der Waals surface area (Å²) in [5, 5.41) is 8.40. The summed E-state index contributed by atoms with van der Waals surface area (Å²) in [5.41, 5.74) is 3.75. The molecule has 10 heteroatoms. The van der Waals surface area contributed by atoms with Crippen molar-refractivity contribution >= 4 is 17.5 Å². The van der Waals surface area contributed by atoms with Crippen LogP contribution >= 0.6 is 0 Å². The molecule has 1 aliphatic heterocycles. The number of likely N-dealkylation sites (N-methyl/N-ethyl adjacent to an activating group) is 1. The number of hydrogen-bond acceptors (Lipinski definition) is 7. The molecule has 4 aromatic carbocycles. The first kappa shape index (κ1) is 42.8. The molecule has 1 aliphatic carbocycles. The molecule has 5 aromatic rings. The number of anilines is 1. The molecular formula is C50H62N6O4. The van der Waals surface area contributed by atoms with E-state index in [1.807, 2.05) is 75.6 Å². The largest absolute Gasteiger partial charge is 0.360 e. The molecule has 0 bridgehead atoms. The number of carbonyl (C=O) groups excluding carboxylic acids is 2. The molecular weight excluding hydrogens is 749 g/mol. The van der Waals surface area contributed by atoms with Crippen molar-refractivity contribution in [2.75, 3.05) is 32.6 Å². The van der Waals surface area contributed by atoms with Crippen molar-refractivity contribution in [1.82, 2.24) is 24.8 Å². The Bertz CT molecular complexity index is 2010. The third-order valence-corrected chi connectivity index (χ3v) is 12.3. The van der Waals surface area contributed by atoms with Crippen LogP contribution in [0.15, 0.2) is 134 Å². The number of nitrogens with zero attached hydrogens (tertiary/aromatic N) is 4. The number of ether oxygens (including phenoxy) is 1. The fourth-order valence-corrected chi connectivity index (χ4v) is 9.44. The fraction of sp³-hybridized carbons (Fsp3) is 0.420. The van der Waals surface area contributed by atoms with Gasteiger partial charge in [-0.3, -0.25) is 14.4 Å². The smallest absolute Gasteiger partial charge is 0.263 e. The molecule has 2 aliphatic rings. The number of aromatic nitrogens is 2. The van der Waals surface area contributed by atoms with Gasteiger partial charge in [0, 0.05) is 44.5 Å². The molecule has 2 amide bonds. The predicted molar refractivity (Wildman–Crippen MR) is 237 cm³/mol. The third kappa shape index (κ3) is 10.0. The Morgan fingerprint density at radius 1 is 0.817 bits per heavy atom. The van der Waals surface area contributed by atoms with Crippen LogP contribution in [0.4, 0.5) is 5.69 Å². The average Bonchev–Trinajstić information content (AvgIpc) is 3.74. The van der Waals surface area contributed by atoms with Crippen molar-refractivity contribution in [3.63, 3.8) is 0 Å². The summed E-state index contributed by atoms with van der Waals surface area (Å²) in [6, 6.07) is 40.6. The number of fused-ring (bicyclic) bond motifs is 1. The van der Waals surface area contributed by atoms with Crippen LogP contribution < -0.4 is 10.6 Å². The highest BCUT2D eigenvalue weighted by Gasteiger charge is 2.41. The van der Waals surface area contributed by atoms with Crippen LogP contribution in [0, 0.1) is 11.8 Å². The number of rotatable bonds is 16. The highest BCUT2D eigenvalue weighted by atomic mass is 16.7. The molecule has 1 saturated carbocycles. The van der Waals surface area contributed by atoms with E-state index >= 15 is 0 Å². The van der Waals surface area contributed by atoms with Crippen molar-refractivity contribution in [3.8, 4) is 0 Å². The number of imidazole rings is 1. The Kier molecular flexibility index (Phi) is 13.8. The summed E-state index contributed by atoms with van der Waals surface area (Å²) in [5.74, 6) is 0.871. The van der Waals surface area contributed by atoms with Crippen molar-refractivity contribution in [3.05, 3.63) is 156 Å². The van der Waals surface area contributed by atoms with Gasteiger partial charge in [0.25, 0.3) is 5.91 Å². The topological polar surface area (TPSA) is 101 Å². The molecule has 2 fully saturated rings. The van der Waals surface area contributed by atoms with Gasteiger partial charge >= 0.3 is 0 Å². The number of hydrogen-bond donors (Lipinski definition) is 2. The van der Waals surface area contributed by atoms with E-state index in [-0.39, 0.29) is 24.3 Å². The number of para-hydroxylation sites is 1. The molecule has 7 rings (SSSR count). The Hall–Kier alpha value is -5.29. The van der Waals surface area contributed by atoms with Crippen LogP contribution in [-0.2, 0) is 31.1 Å². The molecule has 2 N–H and O–H groups in total. The summed E-state index contributed by atoms with van der Waals surface area (Å²) in [6.45, 7) is 7.21. The summed E-state index contributed by atoms with van der Waals surface area (Å²) >= 11 is 0. The maximum absolute atomic E-state index is 14.5. The van der Waals surface area contributed by atoms with E-state index in [0.29, 0.717) is 31.3 Å². The minimum atomic E-state index is -0.727. The van der Waals surface area contributed by atoms with Crippen molar-refractivity contribution in [2.24, 2.45) is 11.8 Å². The lowest BCUT2D eigenvalue weighted by atomic mass is 9.72. The van der Waals surface area contributed by atoms with Gasteiger partial charge in [0.05, 0.1) is 37.2 Å². The van der Waals surface area contributed by atoms with Crippen LogP contribution in [-0.4, -0.2) is 82.5 Å². The zero-order valence-corrected chi connectivity index (χ0v) is 35.9. The summed E-state index contributed by atoms with van der Waals surface area (Å²) in [4.78, 5) is 41.1. The number of nitrogens with one attached hydrogen (secondary N) is 2. The zero-order chi connectivity index (χ0) is 42.1. The average molecular weight is 811 g/mol. The number of piperidine rings is 1. The maximum Gasteiger partial charge on any atom is 0.263 e. The van der Waals surface area contributed by atoms with E-state index in [9.17, 15) is 9.59 Å². The lowest BCUT2D eigenvalue weighted by molar-refractivity contribution is -0.171. The summed E-state index contributed by atoms with van der Waals surface area (Å²) < 4.78 is 8.62. The van der Waals surface area contributed by atoms with Gasteiger partial charge in [0.2, 0.25) is 5.91 Å². The van der Waals surface area contributed by atoms with Crippen LogP contribution in [0.3, 0.4) is 0 Å². The van der Waals surface area contributed by atoms with Gasteiger partial charge in [-0.15, -0.1) is 0 Å². The first-order valence-electron chi connectivity index (χ1n) is 21.6. The van der Waals surface area contributed by atoms with E-state index in [2.05, 4.69) is 99.1 Å². The Morgan fingerprint density at radius 2 is 1.37 bits per heavy atom. The molecule has 0 radical (unpaired) electrons. The van der Waals surface area contributed by atoms with Gasteiger partial charge < -0.3 is 24.8 Å². The van der Waals surface area contributed by atoms with Gasteiger partial charge in [-0.1, -0.05) is 128 Å². The van der Waals surface area contributed by atoms with Gasteiger partial charge in [-0.05, 0) is 74.3 Å².